The Bertz CT molecular complexity index is 249. The molecule has 0 aromatic heterocycles. The molecule has 0 saturated heterocycles. The van der Waals surface area contributed by atoms with Crippen molar-refractivity contribution in [3.8, 4) is 0 Å². The quantitative estimate of drug-likeness (QED) is 0.375. The van der Waals surface area contributed by atoms with Crippen LogP contribution in [0.5, 0.6) is 0 Å². The Labute approximate surface area is 98.1 Å². The third-order valence-corrected chi connectivity index (χ3v) is 2.82. The fourth-order valence-electron chi connectivity index (χ4n) is 0.968. The van der Waals surface area contributed by atoms with Gasteiger partial charge in [-0.2, -0.15) is 0 Å². The highest BCUT2D eigenvalue weighted by molar-refractivity contribution is 8.13. The molecule has 84 valence electrons. The van der Waals surface area contributed by atoms with Crippen LogP contribution in [-0.2, 0) is 0 Å². The van der Waals surface area contributed by atoms with Crippen LogP contribution < -0.4 is 0 Å². The lowest BCUT2D eigenvalue weighted by Crippen LogP contribution is -2.03. The van der Waals surface area contributed by atoms with Crippen LogP contribution in [-0.4, -0.2) is 17.3 Å². The van der Waals surface area contributed by atoms with Gasteiger partial charge in [0.1, 0.15) is 0 Å². The van der Waals surface area contributed by atoms with Gasteiger partial charge in [-0.3, -0.25) is 4.99 Å². The van der Waals surface area contributed by atoms with Crippen LogP contribution in [0.4, 0.5) is 0 Å². The number of hydrogen-bond acceptors (Lipinski definition) is 2. The molecule has 0 amide bonds. The molecule has 0 N–H and O–H groups in total. The Morgan fingerprint density at radius 3 is 2.60 bits per heavy atom. The van der Waals surface area contributed by atoms with E-state index < -0.39 is 0 Å². The summed E-state index contributed by atoms with van der Waals surface area (Å²) < 4.78 is 0. The van der Waals surface area contributed by atoms with E-state index in [0.717, 1.165) is 12.3 Å². The molecule has 0 spiro atoms. The van der Waals surface area contributed by atoms with Crippen LogP contribution >= 0.6 is 11.8 Å². The van der Waals surface area contributed by atoms with E-state index in [4.69, 9.17) is 0 Å². The second-order valence-electron chi connectivity index (χ2n) is 3.32. The summed E-state index contributed by atoms with van der Waals surface area (Å²) in [6.45, 7) is 10.9. The molecule has 0 aromatic rings. The summed E-state index contributed by atoms with van der Waals surface area (Å²) in [4.78, 5) is 4.54. The molecule has 0 fully saturated rings. The van der Waals surface area contributed by atoms with Crippen molar-refractivity contribution in [2.24, 2.45) is 10.9 Å². The molecule has 0 unspecified atom stereocenters. The molecule has 2 heteroatoms. The van der Waals surface area contributed by atoms with Crippen molar-refractivity contribution >= 4 is 16.8 Å². The Balaban J connectivity index is 4.04. The van der Waals surface area contributed by atoms with Gasteiger partial charge in [-0.25, -0.2) is 0 Å². The number of allylic oxidation sites excluding steroid dienone is 4. The van der Waals surface area contributed by atoms with Gasteiger partial charge in [0, 0.05) is 5.92 Å². The third kappa shape index (κ3) is 8.25. The van der Waals surface area contributed by atoms with Crippen LogP contribution in [0.2, 0.25) is 0 Å². The number of nitrogens with zero attached hydrogens (tertiary/aromatic N) is 1. The van der Waals surface area contributed by atoms with Gasteiger partial charge >= 0.3 is 0 Å². The summed E-state index contributed by atoms with van der Waals surface area (Å²) in [5, 5.41) is 1.25. The molecule has 0 saturated carbocycles. The van der Waals surface area contributed by atoms with E-state index in [0.29, 0.717) is 5.92 Å². The van der Waals surface area contributed by atoms with Crippen molar-refractivity contribution < 1.29 is 0 Å². The summed E-state index contributed by atoms with van der Waals surface area (Å²) in [7, 11) is 0. The van der Waals surface area contributed by atoms with Gasteiger partial charge in [0.2, 0.25) is 0 Å². The van der Waals surface area contributed by atoms with Gasteiger partial charge in [-0.05, 0) is 5.75 Å². The molecule has 0 bridgehead atoms. The molecule has 0 aromatic carbocycles. The fraction of sp³-hybridized carbons (Fsp3) is 0.462. The zero-order valence-electron chi connectivity index (χ0n) is 9.94. The van der Waals surface area contributed by atoms with E-state index in [1.807, 2.05) is 30.0 Å². The van der Waals surface area contributed by atoms with Crippen LogP contribution in [0.3, 0.4) is 0 Å². The van der Waals surface area contributed by atoms with Crippen molar-refractivity contribution in [1.29, 1.82) is 0 Å². The van der Waals surface area contributed by atoms with E-state index in [2.05, 4.69) is 38.4 Å². The van der Waals surface area contributed by atoms with Gasteiger partial charge in [0.05, 0.1) is 11.6 Å². The lowest BCUT2D eigenvalue weighted by atomic mass is 10.2. The first-order chi connectivity index (χ1) is 7.22. The Morgan fingerprint density at radius 2 is 2.07 bits per heavy atom. The Kier molecular flexibility index (Phi) is 9.29. The van der Waals surface area contributed by atoms with E-state index in [-0.39, 0.29) is 0 Å². The average molecular weight is 223 g/mol. The molecule has 0 rings (SSSR count). The number of hydrogen-bond donors (Lipinski definition) is 0. The maximum atomic E-state index is 4.54. The molecule has 0 heterocycles. The highest BCUT2D eigenvalue weighted by Crippen LogP contribution is 2.12. The van der Waals surface area contributed by atoms with E-state index in [9.17, 15) is 0 Å². The van der Waals surface area contributed by atoms with Gasteiger partial charge in [0.25, 0.3) is 0 Å². The largest absolute Gasteiger partial charge is 0.279 e. The predicted molar refractivity (Wildman–Crippen MR) is 73.7 cm³/mol. The zero-order valence-corrected chi connectivity index (χ0v) is 10.8. The van der Waals surface area contributed by atoms with Gasteiger partial charge < -0.3 is 0 Å². The van der Waals surface area contributed by atoms with Gasteiger partial charge in [-0.1, -0.05) is 57.7 Å². The number of rotatable bonds is 6. The van der Waals surface area contributed by atoms with E-state index in [1.54, 1.807) is 6.08 Å². The first kappa shape index (κ1) is 14.2. The standard InChI is InChI=1S/C13H21NS/c1-5-7-8-9-10-11-14-13(12(3)4)15-6-2/h5,7-10,12H,1,6,11H2,2-4H3/b8-7-,10-9-,14-13?. The Hall–Kier alpha value is -0.760. The summed E-state index contributed by atoms with van der Waals surface area (Å²) in [5.74, 6) is 1.63. The first-order valence-corrected chi connectivity index (χ1v) is 6.32. The minimum Gasteiger partial charge on any atom is -0.279 e. The normalized spacial score (nSPS) is 13.2. The molecule has 0 aliphatic rings. The maximum Gasteiger partial charge on any atom is 0.0705 e. The average Bonchev–Trinajstić information content (AvgIpc) is 2.21. The van der Waals surface area contributed by atoms with Gasteiger partial charge in [-0.15, -0.1) is 11.8 Å². The smallest absolute Gasteiger partial charge is 0.0705 e. The molecular formula is C13H21NS. The molecule has 0 aliphatic heterocycles. The summed E-state index contributed by atoms with van der Waals surface area (Å²) in [6, 6.07) is 0. The minimum absolute atomic E-state index is 0.534. The highest BCUT2D eigenvalue weighted by atomic mass is 32.2. The minimum atomic E-state index is 0.534. The molecule has 0 aliphatic carbocycles. The molecule has 1 nitrogen and oxygen atoms in total. The number of thioether (sulfide) groups is 1. The topological polar surface area (TPSA) is 12.4 Å². The third-order valence-electron chi connectivity index (χ3n) is 1.63. The first-order valence-electron chi connectivity index (χ1n) is 5.33. The van der Waals surface area contributed by atoms with Crippen LogP contribution in [0.1, 0.15) is 20.8 Å². The second-order valence-corrected chi connectivity index (χ2v) is 4.60. The van der Waals surface area contributed by atoms with Crippen LogP contribution in [0.25, 0.3) is 0 Å². The van der Waals surface area contributed by atoms with Gasteiger partial charge in [0.15, 0.2) is 0 Å². The predicted octanol–water partition coefficient (Wildman–Crippen LogP) is 4.09. The second kappa shape index (κ2) is 9.78. The van der Waals surface area contributed by atoms with Crippen molar-refractivity contribution in [2.45, 2.75) is 20.8 Å². The summed E-state index contributed by atoms with van der Waals surface area (Å²) in [5.41, 5.74) is 0. The van der Waals surface area contributed by atoms with E-state index >= 15 is 0 Å². The summed E-state index contributed by atoms with van der Waals surface area (Å²) in [6.07, 6.45) is 9.69. The van der Waals surface area contributed by atoms with Crippen molar-refractivity contribution in [1.82, 2.24) is 0 Å². The highest BCUT2D eigenvalue weighted by Gasteiger charge is 2.02. The monoisotopic (exact) mass is 223 g/mol. The van der Waals surface area contributed by atoms with Crippen LogP contribution in [0, 0.1) is 5.92 Å². The zero-order chi connectivity index (χ0) is 11.5. The van der Waals surface area contributed by atoms with Crippen molar-refractivity contribution in [2.75, 3.05) is 12.3 Å². The van der Waals surface area contributed by atoms with Crippen LogP contribution in [0.15, 0.2) is 42.0 Å². The fourth-order valence-corrected chi connectivity index (χ4v) is 1.76. The Morgan fingerprint density at radius 1 is 1.33 bits per heavy atom. The molecular weight excluding hydrogens is 202 g/mol. The van der Waals surface area contributed by atoms with E-state index in [1.165, 1.54) is 5.04 Å². The SMILES string of the molecule is C=C/C=C\C=C/CN=C(SCC)C(C)C. The lowest BCUT2D eigenvalue weighted by molar-refractivity contribution is 0.893. The van der Waals surface area contributed by atoms with Crippen molar-refractivity contribution in [3.63, 3.8) is 0 Å². The maximum absolute atomic E-state index is 4.54. The number of aliphatic imine (C=N–C) groups is 1. The molecule has 15 heavy (non-hydrogen) atoms. The summed E-state index contributed by atoms with van der Waals surface area (Å²) >= 11 is 1.83. The lowest BCUT2D eigenvalue weighted by Gasteiger charge is -2.06. The van der Waals surface area contributed by atoms with Crippen molar-refractivity contribution in [3.05, 3.63) is 37.0 Å². The molecule has 0 atom stereocenters. The molecule has 0 radical (unpaired) electrons.